The maximum Gasteiger partial charge on any atom is 0.174 e. The summed E-state index contributed by atoms with van der Waals surface area (Å²) in [5, 5.41) is 0.727. The van der Waals surface area contributed by atoms with Gasteiger partial charge < -0.3 is 14.4 Å². The van der Waals surface area contributed by atoms with Gasteiger partial charge in [0.2, 0.25) is 0 Å². The van der Waals surface area contributed by atoms with Crippen LogP contribution in [-0.2, 0) is 9.47 Å². The van der Waals surface area contributed by atoms with Crippen LogP contribution in [0.3, 0.4) is 0 Å². The minimum absolute atomic E-state index is 0.298. The Morgan fingerprint density at radius 1 is 1.05 bits per heavy atom. The van der Waals surface area contributed by atoms with Gasteiger partial charge in [0, 0.05) is 29.0 Å². The third-order valence-electron chi connectivity index (χ3n) is 3.45. The highest BCUT2D eigenvalue weighted by Crippen LogP contribution is 2.48. The molecule has 2 aromatic rings. The fraction of sp³-hybridized carbons (Fsp3) is 0.250. The van der Waals surface area contributed by atoms with E-state index in [1.54, 1.807) is 26.0 Å². The highest BCUT2D eigenvalue weighted by atomic mass is 35.5. The maximum absolute atomic E-state index is 6.17. The molecule has 21 heavy (non-hydrogen) atoms. The van der Waals surface area contributed by atoms with Gasteiger partial charge in [-0.25, -0.2) is 0 Å². The van der Waals surface area contributed by atoms with Gasteiger partial charge in [-0.15, -0.1) is 0 Å². The molecule has 1 heterocycles. The summed E-state index contributed by atoms with van der Waals surface area (Å²) in [7, 11) is 3.30. The average molecular weight is 322 g/mol. The van der Waals surface area contributed by atoms with Crippen molar-refractivity contribution in [3.8, 4) is 0 Å². The van der Waals surface area contributed by atoms with E-state index in [0.29, 0.717) is 6.54 Å². The number of para-hydroxylation sites is 1. The number of hydrogen-bond acceptors (Lipinski definition) is 4. The molecular weight excluding hydrogens is 306 g/mol. The number of benzene rings is 2. The Bertz CT molecular complexity index is 646. The van der Waals surface area contributed by atoms with E-state index in [1.807, 2.05) is 18.2 Å². The minimum atomic E-state index is -0.298. The lowest BCUT2D eigenvalue weighted by Crippen LogP contribution is -2.32. The number of rotatable bonds is 4. The largest absolute Gasteiger partial charge is 0.354 e. The van der Waals surface area contributed by atoms with E-state index in [4.69, 9.17) is 21.1 Å². The lowest BCUT2D eigenvalue weighted by molar-refractivity contribution is -0.0939. The highest BCUT2D eigenvalue weighted by Gasteiger charge is 2.25. The van der Waals surface area contributed by atoms with Crippen LogP contribution in [0.4, 0.5) is 11.4 Å². The van der Waals surface area contributed by atoms with Crippen molar-refractivity contribution in [2.45, 2.75) is 16.1 Å². The summed E-state index contributed by atoms with van der Waals surface area (Å²) < 4.78 is 10.7. The van der Waals surface area contributed by atoms with Gasteiger partial charge in [-0.05, 0) is 30.3 Å². The number of anilines is 2. The molecule has 0 N–H and O–H groups in total. The molecule has 1 aliphatic rings. The SMILES string of the molecule is COC(CN1c2ccccc2Sc2ccc(Cl)cc21)OC. The number of ether oxygens (including phenoxy) is 2. The molecule has 0 spiro atoms. The first-order chi connectivity index (χ1) is 10.2. The van der Waals surface area contributed by atoms with Crippen molar-refractivity contribution in [3.63, 3.8) is 0 Å². The summed E-state index contributed by atoms with van der Waals surface area (Å²) in [5.41, 5.74) is 2.24. The molecule has 2 aromatic carbocycles. The zero-order chi connectivity index (χ0) is 14.8. The molecule has 0 bridgehead atoms. The van der Waals surface area contributed by atoms with Crippen molar-refractivity contribution >= 4 is 34.7 Å². The van der Waals surface area contributed by atoms with E-state index in [0.717, 1.165) is 16.4 Å². The van der Waals surface area contributed by atoms with Crippen LogP contribution in [0.5, 0.6) is 0 Å². The molecule has 0 aliphatic carbocycles. The molecule has 0 amide bonds. The zero-order valence-corrected chi connectivity index (χ0v) is 13.4. The van der Waals surface area contributed by atoms with Crippen LogP contribution in [0.2, 0.25) is 5.02 Å². The van der Waals surface area contributed by atoms with E-state index in [2.05, 4.69) is 29.2 Å². The number of fused-ring (bicyclic) bond motifs is 2. The van der Waals surface area contributed by atoms with Gasteiger partial charge in [0.15, 0.2) is 6.29 Å². The van der Waals surface area contributed by atoms with Crippen molar-refractivity contribution in [2.24, 2.45) is 0 Å². The van der Waals surface area contributed by atoms with Crippen LogP contribution in [0, 0.1) is 0 Å². The third kappa shape index (κ3) is 2.90. The molecule has 0 saturated heterocycles. The zero-order valence-electron chi connectivity index (χ0n) is 11.9. The molecule has 0 atom stereocenters. The van der Waals surface area contributed by atoms with Gasteiger partial charge in [0.25, 0.3) is 0 Å². The van der Waals surface area contributed by atoms with Gasteiger partial charge in [-0.1, -0.05) is 35.5 Å². The van der Waals surface area contributed by atoms with Crippen molar-refractivity contribution in [3.05, 3.63) is 47.5 Å². The summed E-state index contributed by atoms with van der Waals surface area (Å²) >= 11 is 7.93. The van der Waals surface area contributed by atoms with Crippen LogP contribution >= 0.6 is 23.4 Å². The quantitative estimate of drug-likeness (QED) is 0.769. The second-order valence-electron chi connectivity index (χ2n) is 4.69. The van der Waals surface area contributed by atoms with Crippen molar-refractivity contribution in [1.82, 2.24) is 0 Å². The van der Waals surface area contributed by atoms with Crippen molar-refractivity contribution < 1.29 is 9.47 Å². The second kappa shape index (κ2) is 6.28. The fourth-order valence-corrected chi connectivity index (χ4v) is 3.64. The van der Waals surface area contributed by atoms with Crippen LogP contribution in [-0.4, -0.2) is 27.1 Å². The monoisotopic (exact) mass is 321 g/mol. The lowest BCUT2D eigenvalue weighted by atomic mass is 10.2. The van der Waals surface area contributed by atoms with Gasteiger partial charge in [0.1, 0.15) is 0 Å². The highest BCUT2D eigenvalue weighted by molar-refractivity contribution is 7.99. The normalized spacial score (nSPS) is 13.2. The summed E-state index contributed by atoms with van der Waals surface area (Å²) in [6.07, 6.45) is -0.298. The van der Waals surface area contributed by atoms with E-state index >= 15 is 0 Å². The van der Waals surface area contributed by atoms with Gasteiger partial charge >= 0.3 is 0 Å². The van der Waals surface area contributed by atoms with Crippen LogP contribution in [0.15, 0.2) is 52.3 Å². The molecule has 0 aromatic heterocycles. The van der Waals surface area contributed by atoms with Gasteiger partial charge in [-0.2, -0.15) is 0 Å². The smallest absolute Gasteiger partial charge is 0.174 e. The molecular formula is C16H16ClNO2S. The Morgan fingerprint density at radius 3 is 2.52 bits per heavy atom. The Balaban J connectivity index is 2.06. The molecule has 0 saturated carbocycles. The molecule has 3 nitrogen and oxygen atoms in total. The molecule has 0 unspecified atom stereocenters. The first-order valence-electron chi connectivity index (χ1n) is 6.62. The third-order valence-corrected chi connectivity index (χ3v) is 4.81. The molecule has 0 radical (unpaired) electrons. The fourth-order valence-electron chi connectivity index (χ4n) is 2.39. The minimum Gasteiger partial charge on any atom is -0.354 e. The lowest BCUT2D eigenvalue weighted by Gasteiger charge is -2.34. The molecule has 1 aliphatic heterocycles. The van der Waals surface area contributed by atoms with Gasteiger partial charge in [-0.3, -0.25) is 0 Å². The standard InChI is InChI=1S/C16H16ClNO2S/c1-19-16(20-2)10-18-12-5-3-4-6-14(12)21-15-8-7-11(17)9-13(15)18/h3-9,16H,10H2,1-2H3. The van der Waals surface area contributed by atoms with Crippen molar-refractivity contribution in [2.75, 3.05) is 25.7 Å². The topological polar surface area (TPSA) is 21.7 Å². The predicted octanol–water partition coefficient (Wildman–Crippen LogP) is 4.56. The summed E-state index contributed by atoms with van der Waals surface area (Å²) in [4.78, 5) is 4.60. The van der Waals surface area contributed by atoms with Crippen LogP contribution < -0.4 is 4.90 Å². The van der Waals surface area contributed by atoms with E-state index in [1.165, 1.54) is 9.79 Å². The molecule has 0 fully saturated rings. The molecule has 5 heteroatoms. The van der Waals surface area contributed by atoms with Crippen LogP contribution in [0.25, 0.3) is 0 Å². The first-order valence-corrected chi connectivity index (χ1v) is 7.82. The van der Waals surface area contributed by atoms with Crippen molar-refractivity contribution in [1.29, 1.82) is 0 Å². The van der Waals surface area contributed by atoms with Gasteiger partial charge in [0.05, 0.1) is 17.9 Å². The first kappa shape index (κ1) is 14.7. The Hall–Kier alpha value is -1.20. The van der Waals surface area contributed by atoms with E-state index in [-0.39, 0.29) is 6.29 Å². The number of nitrogens with zero attached hydrogens (tertiary/aromatic N) is 1. The number of hydrogen-bond donors (Lipinski definition) is 0. The maximum atomic E-state index is 6.17. The number of methoxy groups -OCH3 is 2. The summed E-state index contributed by atoms with van der Waals surface area (Å²) in [6.45, 7) is 0.609. The van der Waals surface area contributed by atoms with E-state index < -0.39 is 0 Å². The summed E-state index contributed by atoms with van der Waals surface area (Å²) in [6, 6.07) is 14.3. The summed E-state index contributed by atoms with van der Waals surface area (Å²) in [5.74, 6) is 0. The molecule has 110 valence electrons. The Kier molecular flexibility index (Phi) is 4.40. The average Bonchev–Trinajstić information content (AvgIpc) is 2.52. The second-order valence-corrected chi connectivity index (χ2v) is 6.21. The van der Waals surface area contributed by atoms with Crippen LogP contribution in [0.1, 0.15) is 0 Å². The van der Waals surface area contributed by atoms with E-state index in [9.17, 15) is 0 Å². The Morgan fingerprint density at radius 2 is 1.76 bits per heavy atom. The number of halogens is 1. The Labute approximate surface area is 133 Å². The molecule has 3 rings (SSSR count). The predicted molar refractivity (Wildman–Crippen MR) is 86.8 cm³/mol.